The summed E-state index contributed by atoms with van der Waals surface area (Å²) in [4.78, 5) is 27.4. The number of rotatable bonds is 9. The summed E-state index contributed by atoms with van der Waals surface area (Å²) in [6, 6.07) is 12.4. The van der Waals surface area contributed by atoms with Gasteiger partial charge in [-0.05, 0) is 37.3 Å². The molecule has 0 aliphatic carbocycles. The van der Waals surface area contributed by atoms with Crippen LogP contribution in [-0.4, -0.2) is 67.2 Å². The molecule has 1 N–H and O–H groups in total. The standard InChI is InChI=1S/C24H23F3N6O8S/c1-15-3-5-16(6-4-15)20-11-21(24(25,26)27)28-32(20)18-7-9-19(10-8-18)42(37,38)29-22(34)17-12-31(13-17)33(36)30-41-14-40-23(35)39-2/h3-11,17H,12-14H2,1-2H3,(H,29,34)/b33-30-. The molecule has 1 saturated heterocycles. The van der Waals surface area contributed by atoms with Crippen LogP contribution in [0.2, 0.25) is 0 Å². The van der Waals surface area contributed by atoms with Crippen LogP contribution < -0.4 is 4.72 Å². The van der Waals surface area contributed by atoms with E-state index >= 15 is 0 Å². The highest BCUT2D eigenvalue weighted by Crippen LogP contribution is 2.33. The lowest BCUT2D eigenvalue weighted by atomic mass is 10.0. The van der Waals surface area contributed by atoms with E-state index in [0.717, 1.165) is 40.6 Å². The van der Waals surface area contributed by atoms with Crippen molar-refractivity contribution in [2.75, 3.05) is 27.0 Å². The Bertz CT molecular complexity index is 1590. The van der Waals surface area contributed by atoms with E-state index in [1.165, 1.54) is 12.1 Å². The Morgan fingerprint density at radius 1 is 1.14 bits per heavy atom. The smallest absolute Gasteiger partial charge is 0.510 e. The number of carbonyl (C=O) groups is 2. The third-order valence-corrected chi connectivity index (χ3v) is 7.34. The number of aryl methyl sites for hydroxylation is 1. The third-order valence-electron chi connectivity index (χ3n) is 5.97. The zero-order valence-electron chi connectivity index (χ0n) is 21.9. The van der Waals surface area contributed by atoms with Gasteiger partial charge in [-0.2, -0.15) is 18.3 Å². The molecule has 1 aliphatic heterocycles. The summed E-state index contributed by atoms with van der Waals surface area (Å²) in [5, 5.41) is 19.6. The second-order valence-electron chi connectivity index (χ2n) is 8.90. The predicted molar refractivity (Wildman–Crippen MR) is 135 cm³/mol. The second-order valence-corrected chi connectivity index (χ2v) is 10.6. The summed E-state index contributed by atoms with van der Waals surface area (Å²) in [7, 11) is -3.29. The van der Waals surface area contributed by atoms with Gasteiger partial charge in [0.1, 0.15) is 0 Å². The number of nitrogens with one attached hydrogen (secondary N) is 1. The fraction of sp³-hybridized carbons (Fsp3) is 0.292. The van der Waals surface area contributed by atoms with Crippen LogP contribution >= 0.6 is 0 Å². The highest BCUT2D eigenvalue weighted by atomic mass is 32.2. The van der Waals surface area contributed by atoms with E-state index in [4.69, 9.17) is 0 Å². The molecule has 1 aromatic heterocycles. The summed E-state index contributed by atoms with van der Waals surface area (Å²) in [6.07, 6.45) is -5.76. The zero-order chi connectivity index (χ0) is 30.7. The number of methoxy groups -OCH3 is 1. The maximum atomic E-state index is 13.4. The molecule has 0 saturated carbocycles. The molecule has 18 heteroatoms. The number of halogens is 3. The molecule has 0 radical (unpaired) electrons. The Labute approximate surface area is 236 Å². The fourth-order valence-electron chi connectivity index (χ4n) is 3.71. The van der Waals surface area contributed by atoms with E-state index in [1.807, 2.05) is 11.6 Å². The minimum absolute atomic E-state index is 0.00198. The molecule has 0 atom stereocenters. The van der Waals surface area contributed by atoms with Crippen LogP contribution in [0.3, 0.4) is 0 Å². The average molecular weight is 613 g/mol. The molecule has 1 aliphatic rings. The number of hydrogen-bond acceptors (Lipinski definition) is 10. The summed E-state index contributed by atoms with van der Waals surface area (Å²) >= 11 is 0. The first-order valence-corrected chi connectivity index (χ1v) is 13.4. The van der Waals surface area contributed by atoms with Crippen molar-refractivity contribution < 1.29 is 50.5 Å². The van der Waals surface area contributed by atoms with Gasteiger partial charge in [0.25, 0.3) is 16.8 Å². The number of amides is 1. The molecule has 2 aromatic carbocycles. The van der Waals surface area contributed by atoms with Crippen LogP contribution in [0.1, 0.15) is 11.3 Å². The molecule has 42 heavy (non-hydrogen) atoms. The van der Waals surface area contributed by atoms with Gasteiger partial charge < -0.3 is 19.5 Å². The molecule has 3 aromatic rings. The van der Waals surface area contributed by atoms with Gasteiger partial charge in [-0.3, -0.25) is 4.79 Å². The van der Waals surface area contributed by atoms with Crippen molar-refractivity contribution in [1.82, 2.24) is 19.5 Å². The van der Waals surface area contributed by atoms with Crippen molar-refractivity contribution in [3.63, 3.8) is 0 Å². The number of aromatic nitrogens is 2. The molecule has 1 fully saturated rings. The van der Waals surface area contributed by atoms with Gasteiger partial charge in [0.05, 0.1) is 47.4 Å². The highest BCUT2D eigenvalue weighted by molar-refractivity contribution is 7.90. The maximum absolute atomic E-state index is 13.4. The zero-order valence-corrected chi connectivity index (χ0v) is 22.8. The van der Waals surface area contributed by atoms with Crippen molar-refractivity contribution in [3.8, 4) is 16.9 Å². The summed E-state index contributed by atoms with van der Waals surface area (Å²) in [5.41, 5.74) is 0.541. The Hall–Kier alpha value is -4.87. The molecular weight excluding hydrogens is 589 g/mol. The first kappa shape index (κ1) is 30.1. The lowest BCUT2D eigenvalue weighted by molar-refractivity contribution is -0.726. The van der Waals surface area contributed by atoms with Crippen LogP contribution in [0.15, 0.2) is 64.8 Å². The number of nitrogens with zero attached hydrogens (tertiary/aromatic N) is 5. The number of carbonyl (C=O) groups excluding carboxylic acids is 2. The predicted octanol–water partition coefficient (Wildman–Crippen LogP) is 3.15. The van der Waals surface area contributed by atoms with Crippen molar-refractivity contribution in [2.45, 2.75) is 18.0 Å². The summed E-state index contributed by atoms with van der Waals surface area (Å²) in [5.74, 6) is -1.76. The average Bonchev–Trinajstić information content (AvgIpc) is 3.36. The van der Waals surface area contributed by atoms with E-state index in [9.17, 15) is 36.4 Å². The molecule has 0 unspecified atom stereocenters. The number of hydrazine groups is 1. The Kier molecular flexibility index (Phi) is 8.55. The maximum Gasteiger partial charge on any atom is 0.510 e. The minimum atomic E-state index is -4.71. The molecule has 0 spiro atoms. The molecule has 14 nitrogen and oxygen atoms in total. The lowest BCUT2D eigenvalue weighted by Crippen LogP contribution is -2.56. The van der Waals surface area contributed by atoms with Crippen LogP contribution in [0.25, 0.3) is 16.9 Å². The van der Waals surface area contributed by atoms with Crippen LogP contribution in [0.4, 0.5) is 18.0 Å². The van der Waals surface area contributed by atoms with Gasteiger partial charge in [0.15, 0.2) is 5.69 Å². The SMILES string of the molecule is COC(=O)OCO/N=[N+](\[O-])N1CC(C(=O)NS(=O)(=O)c2ccc(-n3nc(C(F)(F)F)cc3-c3ccc(C)cc3)cc2)C1. The van der Waals surface area contributed by atoms with E-state index in [2.05, 4.69) is 24.7 Å². The van der Waals surface area contributed by atoms with Gasteiger partial charge >= 0.3 is 12.3 Å². The van der Waals surface area contributed by atoms with Gasteiger partial charge in [0, 0.05) is 5.56 Å². The molecule has 1 amide bonds. The van der Waals surface area contributed by atoms with Crippen molar-refractivity contribution in [2.24, 2.45) is 11.2 Å². The van der Waals surface area contributed by atoms with Crippen LogP contribution in [0, 0.1) is 18.0 Å². The number of ether oxygens (including phenoxy) is 2. The largest absolute Gasteiger partial charge is 0.569 e. The highest BCUT2D eigenvalue weighted by Gasteiger charge is 2.40. The minimum Gasteiger partial charge on any atom is -0.569 e. The summed E-state index contributed by atoms with van der Waals surface area (Å²) in [6.45, 7) is 0.768. The van der Waals surface area contributed by atoms with E-state index < -0.39 is 46.7 Å². The Morgan fingerprint density at radius 3 is 2.38 bits per heavy atom. The van der Waals surface area contributed by atoms with Gasteiger partial charge in [0.2, 0.25) is 11.2 Å². The number of alkyl halides is 3. The molecule has 2 heterocycles. The Balaban J connectivity index is 1.42. The molecule has 224 valence electrons. The fourth-order valence-corrected chi connectivity index (χ4v) is 4.75. The molecule has 4 rings (SSSR count). The van der Waals surface area contributed by atoms with Crippen LogP contribution in [0.5, 0.6) is 0 Å². The monoisotopic (exact) mass is 612 g/mol. The topological polar surface area (TPSA) is 167 Å². The number of hydrogen-bond donors (Lipinski definition) is 1. The van der Waals surface area contributed by atoms with E-state index in [0.29, 0.717) is 5.56 Å². The Morgan fingerprint density at radius 2 is 1.79 bits per heavy atom. The third kappa shape index (κ3) is 6.88. The summed E-state index contributed by atoms with van der Waals surface area (Å²) < 4.78 is 77.4. The number of sulfonamides is 1. The quantitative estimate of drug-likeness (QED) is 0.0947. The normalized spacial score (nSPS) is 14.2. The molecule has 0 bridgehead atoms. The van der Waals surface area contributed by atoms with Crippen LogP contribution in [-0.2, 0) is 35.3 Å². The first-order valence-electron chi connectivity index (χ1n) is 12.0. The number of benzene rings is 2. The van der Waals surface area contributed by atoms with Crippen molar-refractivity contribution >= 4 is 22.1 Å². The van der Waals surface area contributed by atoms with E-state index in [1.54, 1.807) is 24.3 Å². The van der Waals surface area contributed by atoms with Crippen molar-refractivity contribution in [3.05, 3.63) is 71.1 Å². The van der Waals surface area contributed by atoms with Crippen molar-refractivity contribution in [1.29, 1.82) is 0 Å². The van der Waals surface area contributed by atoms with Gasteiger partial charge in [-0.15, -0.1) is 5.01 Å². The molecular formula is C24H23F3N6O8S. The lowest BCUT2D eigenvalue weighted by Gasteiger charge is -2.32. The van der Waals surface area contributed by atoms with Gasteiger partial charge in [-0.1, -0.05) is 29.8 Å². The van der Waals surface area contributed by atoms with E-state index in [-0.39, 0.29) is 34.3 Å². The second kappa shape index (κ2) is 11.9. The first-order chi connectivity index (χ1) is 19.8. The van der Waals surface area contributed by atoms with Gasteiger partial charge in [-0.25, -0.2) is 22.6 Å².